The minimum Gasteiger partial charge on any atom is -0.496 e. The zero-order valence-electron chi connectivity index (χ0n) is 15.1. The molecule has 1 unspecified atom stereocenters. The number of hydrogen-bond acceptors (Lipinski definition) is 4. The topological polar surface area (TPSA) is 67.9 Å². The Morgan fingerprint density at radius 3 is 2.68 bits per heavy atom. The second-order valence-corrected chi connectivity index (χ2v) is 8.69. The lowest BCUT2D eigenvalue weighted by molar-refractivity contribution is 0.118. The summed E-state index contributed by atoms with van der Waals surface area (Å²) in [6.07, 6.45) is 5.17. The van der Waals surface area contributed by atoms with Gasteiger partial charge in [0, 0.05) is 32.3 Å². The zero-order valence-corrected chi connectivity index (χ0v) is 15.9. The maximum Gasteiger partial charge on any atom is 0.279 e. The average Bonchev–Trinajstić information content (AvgIpc) is 3.07. The van der Waals surface area contributed by atoms with Gasteiger partial charge in [-0.05, 0) is 55.2 Å². The van der Waals surface area contributed by atoms with E-state index in [2.05, 4.69) is 16.9 Å². The lowest BCUT2D eigenvalue weighted by Crippen LogP contribution is -2.46. The van der Waals surface area contributed by atoms with Crippen LogP contribution in [0.15, 0.2) is 12.1 Å². The van der Waals surface area contributed by atoms with E-state index in [1.165, 1.54) is 11.1 Å². The summed E-state index contributed by atoms with van der Waals surface area (Å²) in [5.74, 6) is 1.03. The summed E-state index contributed by atoms with van der Waals surface area (Å²) in [7, 11) is -0.207. The molecule has 7 heteroatoms. The molecule has 1 aromatic rings. The number of piperidine rings is 1. The van der Waals surface area contributed by atoms with Gasteiger partial charge in [-0.25, -0.2) is 0 Å². The van der Waals surface area contributed by atoms with Crippen molar-refractivity contribution in [2.75, 3.05) is 33.9 Å². The smallest absolute Gasteiger partial charge is 0.279 e. The summed E-state index contributed by atoms with van der Waals surface area (Å²) in [5, 5.41) is 0. The van der Waals surface area contributed by atoms with E-state index < -0.39 is 10.2 Å². The van der Waals surface area contributed by atoms with Crippen LogP contribution in [-0.2, 0) is 34.3 Å². The average molecular weight is 368 g/mol. The van der Waals surface area contributed by atoms with Crippen LogP contribution in [-0.4, -0.2) is 46.6 Å². The van der Waals surface area contributed by atoms with E-state index in [1.54, 1.807) is 18.5 Å². The Bertz CT molecular complexity index is 703. The zero-order chi connectivity index (χ0) is 17.9. The van der Waals surface area contributed by atoms with Gasteiger partial charge < -0.3 is 9.47 Å². The number of ether oxygens (including phenoxy) is 2. The molecule has 1 atom stereocenters. The fourth-order valence-electron chi connectivity index (χ4n) is 3.86. The monoisotopic (exact) mass is 368 g/mol. The lowest BCUT2D eigenvalue weighted by Gasteiger charge is -2.31. The van der Waals surface area contributed by atoms with Crippen LogP contribution in [0.3, 0.4) is 0 Å². The summed E-state index contributed by atoms with van der Waals surface area (Å²) in [4.78, 5) is 0. The van der Waals surface area contributed by atoms with Gasteiger partial charge in [0.15, 0.2) is 0 Å². The molecular formula is C18H28N2O4S. The van der Waals surface area contributed by atoms with Crippen LogP contribution in [0.4, 0.5) is 0 Å². The van der Waals surface area contributed by atoms with Crippen LogP contribution in [0.25, 0.3) is 0 Å². The number of nitrogens with zero attached hydrogens (tertiary/aromatic N) is 1. The summed E-state index contributed by atoms with van der Waals surface area (Å²) in [6, 6.07) is 4.15. The minimum atomic E-state index is -3.50. The maximum atomic E-state index is 12.7. The number of nitrogens with one attached hydrogen (secondary N) is 1. The van der Waals surface area contributed by atoms with Gasteiger partial charge in [0.25, 0.3) is 10.2 Å². The number of aryl methyl sites for hydroxylation is 2. The summed E-state index contributed by atoms with van der Waals surface area (Å²) >= 11 is 0. The van der Waals surface area contributed by atoms with Gasteiger partial charge in [0.05, 0.1) is 13.7 Å². The molecule has 140 valence electrons. The molecular weight excluding hydrogens is 340 g/mol. The van der Waals surface area contributed by atoms with Crippen molar-refractivity contribution in [3.05, 3.63) is 28.8 Å². The molecule has 0 radical (unpaired) electrons. The highest BCUT2D eigenvalue weighted by molar-refractivity contribution is 7.87. The van der Waals surface area contributed by atoms with Crippen LogP contribution in [0, 0.1) is 5.92 Å². The second kappa shape index (κ2) is 8.03. The molecule has 1 fully saturated rings. The highest BCUT2D eigenvalue weighted by atomic mass is 32.2. The molecule has 0 spiro atoms. The van der Waals surface area contributed by atoms with Gasteiger partial charge in [-0.2, -0.15) is 17.4 Å². The van der Waals surface area contributed by atoms with E-state index in [-0.39, 0.29) is 12.5 Å². The first-order valence-electron chi connectivity index (χ1n) is 8.96. The molecule has 1 aromatic carbocycles. The number of benzene rings is 1. The largest absolute Gasteiger partial charge is 0.496 e. The van der Waals surface area contributed by atoms with Gasteiger partial charge in [-0.1, -0.05) is 6.07 Å². The predicted octanol–water partition coefficient (Wildman–Crippen LogP) is 1.88. The molecule has 1 aliphatic carbocycles. The number of fused-ring (bicyclic) bond motifs is 1. The van der Waals surface area contributed by atoms with E-state index in [0.717, 1.165) is 43.4 Å². The van der Waals surface area contributed by atoms with E-state index in [4.69, 9.17) is 9.47 Å². The maximum absolute atomic E-state index is 12.7. The summed E-state index contributed by atoms with van der Waals surface area (Å²) in [6.45, 7) is 1.94. The van der Waals surface area contributed by atoms with E-state index in [1.807, 2.05) is 0 Å². The molecule has 0 aromatic heterocycles. The molecule has 0 saturated carbocycles. The van der Waals surface area contributed by atoms with Crippen LogP contribution in [0.1, 0.15) is 36.0 Å². The van der Waals surface area contributed by atoms with Crippen LogP contribution >= 0.6 is 0 Å². The second-order valence-electron chi connectivity index (χ2n) is 6.93. The SMILES string of the molecule is COCC1CCCN(S(=O)(=O)NCc2cc3c(cc2OC)CCC3)C1. The first-order chi connectivity index (χ1) is 12.0. The van der Waals surface area contributed by atoms with Crippen LogP contribution < -0.4 is 9.46 Å². The molecule has 1 saturated heterocycles. The third-order valence-corrected chi connectivity index (χ3v) is 6.68. The van der Waals surface area contributed by atoms with Crippen molar-refractivity contribution >= 4 is 10.2 Å². The Labute approximate surface area is 150 Å². The molecule has 2 aliphatic rings. The lowest BCUT2D eigenvalue weighted by atomic mass is 10.0. The minimum absolute atomic E-state index is 0.254. The molecule has 3 rings (SSSR count). The van der Waals surface area contributed by atoms with Crippen LogP contribution in [0.2, 0.25) is 0 Å². The molecule has 1 aliphatic heterocycles. The molecule has 1 N–H and O–H groups in total. The number of hydrogen-bond donors (Lipinski definition) is 1. The Balaban J connectivity index is 1.68. The number of rotatable bonds is 7. The fraction of sp³-hybridized carbons (Fsp3) is 0.667. The standard InChI is InChI=1S/C18H28N2O4S/c1-23-13-14-5-4-8-20(12-14)25(21,22)19-11-17-9-15-6-3-7-16(15)10-18(17)24-2/h9-10,14,19H,3-8,11-13H2,1-2H3. The molecule has 0 bridgehead atoms. The number of methoxy groups -OCH3 is 2. The molecule has 25 heavy (non-hydrogen) atoms. The normalized spacial score (nSPS) is 21.3. The van der Waals surface area contributed by atoms with Crippen molar-refractivity contribution in [2.24, 2.45) is 5.92 Å². The highest BCUT2D eigenvalue weighted by Crippen LogP contribution is 2.30. The van der Waals surface area contributed by atoms with Crippen molar-refractivity contribution in [1.82, 2.24) is 9.03 Å². The van der Waals surface area contributed by atoms with Crippen molar-refractivity contribution in [3.63, 3.8) is 0 Å². The Kier molecular flexibility index (Phi) is 5.99. The van der Waals surface area contributed by atoms with Crippen LogP contribution in [0.5, 0.6) is 5.75 Å². The van der Waals surface area contributed by atoms with E-state index >= 15 is 0 Å². The van der Waals surface area contributed by atoms with Crippen molar-refractivity contribution < 1.29 is 17.9 Å². The first-order valence-corrected chi connectivity index (χ1v) is 10.4. The summed E-state index contributed by atoms with van der Waals surface area (Å²) in [5.41, 5.74) is 3.53. The van der Waals surface area contributed by atoms with E-state index in [0.29, 0.717) is 19.7 Å². The third kappa shape index (κ3) is 4.34. The van der Waals surface area contributed by atoms with Gasteiger partial charge in [0.1, 0.15) is 5.75 Å². The predicted molar refractivity (Wildman–Crippen MR) is 97.0 cm³/mol. The Morgan fingerprint density at radius 1 is 1.20 bits per heavy atom. The van der Waals surface area contributed by atoms with Crippen molar-refractivity contribution in [3.8, 4) is 5.75 Å². The van der Waals surface area contributed by atoms with E-state index in [9.17, 15) is 8.42 Å². The highest BCUT2D eigenvalue weighted by Gasteiger charge is 2.29. The molecule has 6 nitrogen and oxygen atoms in total. The first kappa shape index (κ1) is 18.6. The summed E-state index contributed by atoms with van der Waals surface area (Å²) < 4.78 is 40.3. The van der Waals surface area contributed by atoms with Gasteiger partial charge >= 0.3 is 0 Å². The molecule has 0 amide bonds. The van der Waals surface area contributed by atoms with Crippen molar-refractivity contribution in [2.45, 2.75) is 38.6 Å². The molecule has 1 heterocycles. The quantitative estimate of drug-likeness (QED) is 0.798. The van der Waals surface area contributed by atoms with Gasteiger partial charge in [-0.15, -0.1) is 0 Å². The van der Waals surface area contributed by atoms with Gasteiger partial charge in [0.2, 0.25) is 0 Å². The fourth-order valence-corrected chi connectivity index (χ4v) is 5.15. The van der Waals surface area contributed by atoms with Gasteiger partial charge in [-0.3, -0.25) is 0 Å². The Morgan fingerprint density at radius 2 is 1.96 bits per heavy atom. The third-order valence-electron chi connectivity index (χ3n) is 5.16. The Hall–Kier alpha value is -1.15. The van der Waals surface area contributed by atoms with Crippen molar-refractivity contribution in [1.29, 1.82) is 0 Å².